The molecule has 1 saturated heterocycles. The average Bonchev–Trinajstić information content (AvgIpc) is 2.27. The van der Waals surface area contributed by atoms with Crippen LogP contribution in [-0.4, -0.2) is 41.3 Å². The Morgan fingerprint density at radius 2 is 2.33 bits per heavy atom. The predicted octanol–water partition coefficient (Wildman–Crippen LogP) is -0.118. The molecule has 3 heterocycles. The highest BCUT2D eigenvalue weighted by Crippen LogP contribution is 2.38. The number of carbonyl (C=O) groups is 2. The minimum Gasteiger partial charge on any atom is -0.481 e. The van der Waals surface area contributed by atoms with Crippen molar-refractivity contribution in [1.82, 2.24) is 4.98 Å². The number of nitrogens with one attached hydrogen (secondary N) is 1. The lowest BCUT2D eigenvalue weighted by atomic mass is 9.79. The van der Waals surface area contributed by atoms with Gasteiger partial charge in [-0.05, 0) is 12.1 Å². The molecule has 2 aliphatic heterocycles. The van der Waals surface area contributed by atoms with Crippen LogP contribution < -0.4 is 10.1 Å². The molecule has 2 aliphatic rings. The van der Waals surface area contributed by atoms with E-state index in [4.69, 9.17) is 9.47 Å². The van der Waals surface area contributed by atoms with E-state index >= 15 is 0 Å². The number of aliphatic carboxylic acids is 1. The van der Waals surface area contributed by atoms with Crippen molar-refractivity contribution < 1.29 is 24.2 Å². The van der Waals surface area contributed by atoms with Gasteiger partial charge in [-0.3, -0.25) is 9.59 Å². The van der Waals surface area contributed by atoms with Crippen LogP contribution in [0.15, 0.2) is 18.3 Å². The van der Waals surface area contributed by atoms with Crippen molar-refractivity contribution in [3.63, 3.8) is 0 Å². The second-order valence-electron chi connectivity index (χ2n) is 4.29. The Balaban J connectivity index is 1.96. The van der Waals surface area contributed by atoms with Crippen molar-refractivity contribution in [2.75, 3.05) is 18.5 Å². The third kappa shape index (κ3) is 1.37. The minimum absolute atomic E-state index is 0.0317. The summed E-state index contributed by atoms with van der Waals surface area (Å²) in [5.41, 5.74) is -1.31. The molecule has 0 aromatic carbocycles. The van der Waals surface area contributed by atoms with Crippen LogP contribution in [0.2, 0.25) is 0 Å². The zero-order valence-corrected chi connectivity index (χ0v) is 9.25. The van der Waals surface area contributed by atoms with Gasteiger partial charge in [0.15, 0.2) is 23.1 Å². The van der Waals surface area contributed by atoms with Gasteiger partial charge in [-0.15, -0.1) is 0 Å². The summed E-state index contributed by atoms with van der Waals surface area (Å²) >= 11 is 0. The number of nitrogens with zero attached hydrogens (tertiary/aromatic N) is 1. The van der Waals surface area contributed by atoms with Gasteiger partial charge in [-0.2, -0.15) is 0 Å². The molecule has 0 saturated carbocycles. The number of aromatic nitrogens is 1. The van der Waals surface area contributed by atoms with Crippen molar-refractivity contribution in [1.29, 1.82) is 0 Å². The van der Waals surface area contributed by atoms with Gasteiger partial charge >= 0.3 is 5.97 Å². The Morgan fingerprint density at radius 3 is 2.94 bits per heavy atom. The Bertz CT molecular complexity index is 526. The molecule has 2 N–H and O–H groups in total. The summed E-state index contributed by atoms with van der Waals surface area (Å²) in [5.74, 6) is -0.928. The Kier molecular flexibility index (Phi) is 2.24. The molecular weight excluding hydrogens is 240 g/mol. The Labute approximate surface area is 102 Å². The molecule has 1 unspecified atom stereocenters. The zero-order chi connectivity index (χ0) is 12.8. The molecular formula is C11H10N2O5. The highest BCUT2D eigenvalue weighted by Gasteiger charge is 2.58. The van der Waals surface area contributed by atoms with Gasteiger partial charge in [-0.1, -0.05) is 0 Å². The first-order valence-corrected chi connectivity index (χ1v) is 5.37. The quantitative estimate of drug-likeness (QED) is 0.759. The number of anilines is 1. The summed E-state index contributed by atoms with van der Waals surface area (Å²) in [6.07, 6.45) is 0.419. The number of pyridine rings is 1. The summed E-state index contributed by atoms with van der Waals surface area (Å²) < 4.78 is 10.4. The van der Waals surface area contributed by atoms with Gasteiger partial charge < -0.3 is 19.9 Å². The fourth-order valence-corrected chi connectivity index (χ4v) is 2.01. The van der Waals surface area contributed by atoms with E-state index in [2.05, 4.69) is 10.3 Å². The molecule has 0 radical (unpaired) electrons. The van der Waals surface area contributed by atoms with E-state index in [1.807, 2.05) is 0 Å². The van der Waals surface area contributed by atoms with Gasteiger partial charge in [-0.25, -0.2) is 4.98 Å². The third-order valence-corrected chi connectivity index (χ3v) is 3.14. The third-order valence-electron chi connectivity index (χ3n) is 3.14. The number of hydrogen-bond acceptors (Lipinski definition) is 5. The van der Waals surface area contributed by atoms with Crippen LogP contribution in [0.25, 0.3) is 0 Å². The molecule has 1 aromatic rings. The maximum Gasteiger partial charge on any atom is 0.318 e. The number of hydrogen-bond donors (Lipinski definition) is 2. The summed E-state index contributed by atoms with van der Waals surface area (Å²) in [6, 6.07) is 3.28. The van der Waals surface area contributed by atoms with Gasteiger partial charge in [0.2, 0.25) is 0 Å². The molecule has 1 amide bonds. The van der Waals surface area contributed by atoms with Crippen molar-refractivity contribution in [2.45, 2.75) is 6.10 Å². The normalized spacial score (nSPS) is 24.2. The molecule has 1 atom stereocenters. The van der Waals surface area contributed by atoms with E-state index in [0.717, 1.165) is 0 Å². The number of amides is 1. The first-order chi connectivity index (χ1) is 8.63. The maximum atomic E-state index is 11.9. The number of carboxylic acid groups (broad SMARTS) is 1. The van der Waals surface area contributed by atoms with Crippen LogP contribution in [0.5, 0.6) is 5.75 Å². The monoisotopic (exact) mass is 250 g/mol. The fraction of sp³-hybridized carbons (Fsp3) is 0.364. The topological polar surface area (TPSA) is 97.8 Å². The number of ether oxygens (including phenoxy) is 2. The smallest absolute Gasteiger partial charge is 0.318 e. The summed E-state index contributed by atoms with van der Waals surface area (Å²) in [6.45, 7) is -0.0635. The van der Waals surface area contributed by atoms with Gasteiger partial charge in [0, 0.05) is 6.20 Å². The standard InChI is InChI=1S/C11H10N2O5/c14-9-7(11(10(15)16)4-17-5-11)18-6-2-1-3-12-8(6)13-9/h1-3,7H,4-5H2,(H,15,16)(H,12,13,14). The molecule has 18 heavy (non-hydrogen) atoms. The second-order valence-corrected chi connectivity index (χ2v) is 4.29. The first-order valence-electron chi connectivity index (χ1n) is 5.37. The average molecular weight is 250 g/mol. The first kappa shape index (κ1) is 11.0. The van der Waals surface area contributed by atoms with Crippen molar-refractivity contribution >= 4 is 17.7 Å². The van der Waals surface area contributed by atoms with Gasteiger partial charge in [0.1, 0.15) is 0 Å². The molecule has 0 aliphatic carbocycles. The molecule has 3 rings (SSSR count). The van der Waals surface area contributed by atoms with Crippen molar-refractivity contribution in [2.24, 2.45) is 5.41 Å². The molecule has 0 spiro atoms. The SMILES string of the molecule is O=C1Nc2ncccc2OC1C1(C(=O)O)COC1. The van der Waals surface area contributed by atoms with E-state index in [1.165, 1.54) is 6.20 Å². The van der Waals surface area contributed by atoms with Crippen LogP contribution in [0.3, 0.4) is 0 Å². The number of fused-ring (bicyclic) bond motifs is 1. The largest absolute Gasteiger partial charge is 0.481 e. The highest BCUT2D eigenvalue weighted by molar-refractivity contribution is 6.00. The molecule has 1 aromatic heterocycles. The van der Waals surface area contributed by atoms with Gasteiger partial charge in [0.05, 0.1) is 13.2 Å². The second kappa shape index (κ2) is 3.67. The number of carbonyl (C=O) groups excluding carboxylic acids is 1. The van der Waals surface area contributed by atoms with Crippen LogP contribution in [0.4, 0.5) is 5.82 Å². The van der Waals surface area contributed by atoms with E-state index in [9.17, 15) is 14.7 Å². The van der Waals surface area contributed by atoms with Crippen molar-refractivity contribution in [3.8, 4) is 5.75 Å². The lowest BCUT2D eigenvalue weighted by molar-refractivity contribution is -0.200. The number of carboxylic acids is 1. The van der Waals surface area contributed by atoms with Crippen LogP contribution >= 0.6 is 0 Å². The van der Waals surface area contributed by atoms with E-state index in [0.29, 0.717) is 11.6 Å². The molecule has 7 heteroatoms. The highest BCUT2D eigenvalue weighted by atomic mass is 16.5. The van der Waals surface area contributed by atoms with Crippen molar-refractivity contribution in [3.05, 3.63) is 18.3 Å². The predicted molar refractivity (Wildman–Crippen MR) is 58.2 cm³/mol. The number of rotatable bonds is 2. The van der Waals surface area contributed by atoms with Crippen LogP contribution in [0, 0.1) is 5.41 Å². The van der Waals surface area contributed by atoms with Gasteiger partial charge in [0.25, 0.3) is 5.91 Å². The summed E-state index contributed by atoms with van der Waals surface area (Å²) in [5, 5.41) is 11.8. The lowest BCUT2D eigenvalue weighted by Gasteiger charge is -2.43. The molecule has 7 nitrogen and oxygen atoms in total. The Hall–Kier alpha value is -2.15. The Morgan fingerprint density at radius 1 is 1.56 bits per heavy atom. The fourth-order valence-electron chi connectivity index (χ4n) is 2.01. The maximum absolute atomic E-state index is 11.9. The summed E-state index contributed by atoms with van der Waals surface area (Å²) in [4.78, 5) is 27.1. The van der Waals surface area contributed by atoms with E-state index in [-0.39, 0.29) is 13.2 Å². The minimum atomic E-state index is -1.31. The van der Waals surface area contributed by atoms with Crippen LogP contribution in [0.1, 0.15) is 0 Å². The zero-order valence-electron chi connectivity index (χ0n) is 9.25. The lowest BCUT2D eigenvalue weighted by Crippen LogP contribution is -2.63. The van der Waals surface area contributed by atoms with E-state index in [1.54, 1.807) is 12.1 Å². The summed E-state index contributed by atoms with van der Waals surface area (Å²) in [7, 11) is 0. The molecule has 1 fully saturated rings. The molecule has 94 valence electrons. The molecule has 0 bridgehead atoms. The van der Waals surface area contributed by atoms with Crippen LogP contribution in [-0.2, 0) is 14.3 Å². The van der Waals surface area contributed by atoms with E-state index < -0.39 is 23.4 Å².